The third-order valence-corrected chi connectivity index (χ3v) is 5.73. The fraction of sp³-hybridized carbons (Fsp3) is 0.381. The smallest absolute Gasteiger partial charge is 0.229 e. The SMILES string of the molecule is CCNC(=NCc1ccccc1NS(C)(=O)=O)N1CCN(c2ccccc2Cl)CC1. The predicted octanol–water partition coefficient (Wildman–Crippen LogP) is 3.00. The molecule has 0 atom stereocenters. The van der Waals surface area contributed by atoms with Gasteiger partial charge >= 0.3 is 0 Å². The minimum Gasteiger partial charge on any atom is -0.367 e. The normalized spacial score (nSPS) is 15.2. The summed E-state index contributed by atoms with van der Waals surface area (Å²) in [5, 5.41) is 4.11. The van der Waals surface area contributed by atoms with Crippen LogP contribution in [0.1, 0.15) is 12.5 Å². The summed E-state index contributed by atoms with van der Waals surface area (Å²) >= 11 is 6.34. The number of guanidine groups is 1. The number of nitrogens with one attached hydrogen (secondary N) is 2. The van der Waals surface area contributed by atoms with Gasteiger partial charge in [-0.3, -0.25) is 4.72 Å². The van der Waals surface area contributed by atoms with E-state index in [-0.39, 0.29) is 0 Å². The number of halogens is 1. The molecule has 1 fully saturated rings. The van der Waals surface area contributed by atoms with Crippen LogP contribution in [0.3, 0.4) is 0 Å². The molecule has 1 aliphatic heterocycles. The summed E-state index contributed by atoms with van der Waals surface area (Å²) in [7, 11) is -3.35. The van der Waals surface area contributed by atoms with Gasteiger partial charge < -0.3 is 15.1 Å². The van der Waals surface area contributed by atoms with Gasteiger partial charge in [-0.05, 0) is 30.7 Å². The summed E-state index contributed by atoms with van der Waals surface area (Å²) < 4.78 is 25.8. The Hall–Kier alpha value is -2.45. The molecule has 3 rings (SSSR count). The fourth-order valence-electron chi connectivity index (χ4n) is 3.41. The van der Waals surface area contributed by atoms with E-state index in [1.807, 2.05) is 43.3 Å². The van der Waals surface area contributed by atoms with Gasteiger partial charge in [0.1, 0.15) is 0 Å². The third-order valence-electron chi connectivity index (χ3n) is 4.82. The Morgan fingerprint density at radius 1 is 1.07 bits per heavy atom. The lowest BCUT2D eigenvalue weighted by Crippen LogP contribution is -2.52. The van der Waals surface area contributed by atoms with Crippen molar-refractivity contribution in [3.8, 4) is 0 Å². The van der Waals surface area contributed by atoms with Crippen molar-refractivity contribution in [1.82, 2.24) is 10.2 Å². The van der Waals surface area contributed by atoms with Gasteiger partial charge in [-0.1, -0.05) is 41.9 Å². The van der Waals surface area contributed by atoms with Crippen LogP contribution in [0.25, 0.3) is 0 Å². The zero-order valence-corrected chi connectivity index (χ0v) is 18.9. The van der Waals surface area contributed by atoms with Crippen LogP contribution < -0.4 is 14.9 Å². The Kier molecular flexibility index (Phi) is 7.44. The van der Waals surface area contributed by atoms with Crippen LogP contribution in [-0.2, 0) is 16.6 Å². The number of aliphatic imine (C=N–C) groups is 1. The number of para-hydroxylation sites is 2. The summed E-state index contributed by atoms with van der Waals surface area (Å²) in [6.45, 7) is 6.51. The number of rotatable bonds is 6. The first-order valence-electron chi connectivity index (χ1n) is 9.96. The Morgan fingerprint density at radius 2 is 1.73 bits per heavy atom. The highest BCUT2D eigenvalue weighted by Gasteiger charge is 2.21. The van der Waals surface area contributed by atoms with E-state index < -0.39 is 10.0 Å². The van der Waals surface area contributed by atoms with Gasteiger partial charge in [-0.2, -0.15) is 0 Å². The maximum atomic E-state index is 11.6. The summed E-state index contributed by atoms with van der Waals surface area (Å²) in [5.41, 5.74) is 2.44. The van der Waals surface area contributed by atoms with Crippen molar-refractivity contribution in [2.75, 3.05) is 48.6 Å². The molecule has 0 unspecified atom stereocenters. The van der Waals surface area contributed by atoms with Crippen molar-refractivity contribution in [2.24, 2.45) is 4.99 Å². The van der Waals surface area contributed by atoms with Crippen molar-refractivity contribution in [2.45, 2.75) is 13.5 Å². The molecular formula is C21H28ClN5O2S. The van der Waals surface area contributed by atoms with Crippen LogP contribution in [0.2, 0.25) is 5.02 Å². The second-order valence-corrected chi connectivity index (χ2v) is 9.28. The molecule has 2 N–H and O–H groups in total. The van der Waals surface area contributed by atoms with E-state index in [0.717, 1.165) is 61.2 Å². The summed E-state index contributed by atoms with van der Waals surface area (Å²) in [6.07, 6.45) is 1.15. The Balaban J connectivity index is 1.70. The first-order valence-corrected chi connectivity index (χ1v) is 12.2. The zero-order chi connectivity index (χ0) is 21.6. The Labute approximate surface area is 183 Å². The lowest BCUT2D eigenvalue weighted by Gasteiger charge is -2.38. The average molecular weight is 450 g/mol. The van der Waals surface area contributed by atoms with Crippen molar-refractivity contribution in [3.05, 3.63) is 59.1 Å². The van der Waals surface area contributed by atoms with E-state index in [0.29, 0.717) is 12.2 Å². The molecule has 0 aliphatic carbocycles. The monoisotopic (exact) mass is 449 g/mol. The highest BCUT2D eigenvalue weighted by Crippen LogP contribution is 2.26. The number of nitrogens with zero attached hydrogens (tertiary/aromatic N) is 3. The molecule has 0 aromatic heterocycles. The molecule has 1 aliphatic rings. The van der Waals surface area contributed by atoms with Crippen molar-refractivity contribution < 1.29 is 8.42 Å². The first kappa shape index (κ1) is 22.2. The highest BCUT2D eigenvalue weighted by atomic mass is 35.5. The molecule has 30 heavy (non-hydrogen) atoms. The van der Waals surface area contributed by atoms with Crippen LogP contribution >= 0.6 is 11.6 Å². The van der Waals surface area contributed by atoms with Crippen LogP contribution in [0.4, 0.5) is 11.4 Å². The van der Waals surface area contributed by atoms with Crippen molar-refractivity contribution in [3.63, 3.8) is 0 Å². The van der Waals surface area contributed by atoms with E-state index in [9.17, 15) is 8.42 Å². The standard InChI is InChI=1S/C21H28ClN5O2S/c1-3-23-21(24-16-17-8-4-6-10-19(17)25-30(2,28)29)27-14-12-26(13-15-27)20-11-7-5-9-18(20)22/h4-11,25H,3,12-16H2,1-2H3,(H,23,24). The molecule has 1 heterocycles. The van der Waals surface area contributed by atoms with E-state index in [1.54, 1.807) is 12.1 Å². The summed E-state index contributed by atoms with van der Waals surface area (Å²) in [6, 6.07) is 15.2. The van der Waals surface area contributed by atoms with Crippen molar-refractivity contribution in [1.29, 1.82) is 0 Å². The van der Waals surface area contributed by atoms with Crippen LogP contribution in [0.15, 0.2) is 53.5 Å². The zero-order valence-electron chi connectivity index (χ0n) is 17.3. The van der Waals surface area contributed by atoms with Crippen LogP contribution in [0, 0.1) is 0 Å². The van der Waals surface area contributed by atoms with E-state index in [1.165, 1.54) is 0 Å². The molecule has 0 saturated carbocycles. The maximum Gasteiger partial charge on any atom is 0.229 e. The number of benzene rings is 2. The van der Waals surface area contributed by atoms with E-state index in [4.69, 9.17) is 16.6 Å². The van der Waals surface area contributed by atoms with Gasteiger partial charge in [-0.25, -0.2) is 13.4 Å². The minimum atomic E-state index is -3.35. The lowest BCUT2D eigenvalue weighted by molar-refractivity contribution is 0.372. The summed E-state index contributed by atoms with van der Waals surface area (Å²) in [4.78, 5) is 9.28. The quantitative estimate of drug-likeness (QED) is 0.523. The van der Waals surface area contributed by atoms with E-state index in [2.05, 4.69) is 19.8 Å². The van der Waals surface area contributed by atoms with Gasteiger partial charge in [-0.15, -0.1) is 0 Å². The Morgan fingerprint density at radius 3 is 2.40 bits per heavy atom. The molecule has 2 aromatic rings. The molecule has 162 valence electrons. The second-order valence-electron chi connectivity index (χ2n) is 7.13. The number of hydrogen-bond donors (Lipinski definition) is 2. The maximum absolute atomic E-state index is 11.6. The number of hydrogen-bond acceptors (Lipinski definition) is 4. The van der Waals surface area contributed by atoms with Gasteiger partial charge in [0.05, 0.1) is 29.2 Å². The lowest BCUT2D eigenvalue weighted by atomic mass is 10.2. The Bertz CT molecular complexity index is 988. The van der Waals surface area contributed by atoms with E-state index >= 15 is 0 Å². The second kappa shape index (κ2) is 10.0. The fourth-order valence-corrected chi connectivity index (χ4v) is 4.26. The molecule has 0 radical (unpaired) electrons. The van der Waals surface area contributed by atoms with Gasteiger partial charge in [0, 0.05) is 32.7 Å². The minimum absolute atomic E-state index is 0.381. The molecular weight excluding hydrogens is 422 g/mol. The number of piperazine rings is 1. The van der Waals surface area contributed by atoms with Gasteiger partial charge in [0.25, 0.3) is 0 Å². The molecule has 1 saturated heterocycles. The molecule has 0 bridgehead atoms. The topological polar surface area (TPSA) is 77.0 Å². The highest BCUT2D eigenvalue weighted by molar-refractivity contribution is 7.92. The molecule has 7 nitrogen and oxygen atoms in total. The van der Waals surface area contributed by atoms with Crippen LogP contribution in [-0.4, -0.2) is 58.3 Å². The molecule has 2 aromatic carbocycles. The predicted molar refractivity (Wildman–Crippen MR) is 125 cm³/mol. The third kappa shape index (κ3) is 6.03. The molecule has 9 heteroatoms. The average Bonchev–Trinajstić information content (AvgIpc) is 2.72. The first-order chi connectivity index (χ1) is 14.4. The molecule has 0 spiro atoms. The number of anilines is 2. The summed E-state index contributed by atoms with van der Waals surface area (Å²) in [5.74, 6) is 0.825. The van der Waals surface area contributed by atoms with Gasteiger partial charge in [0.15, 0.2) is 5.96 Å². The largest absolute Gasteiger partial charge is 0.367 e. The number of sulfonamides is 1. The van der Waals surface area contributed by atoms with Crippen LogP contribution in [0.5, 0.6) is 0 Å². The van der Waals surface area contributed by atoms with Crippen molar-refractivity contribution >= 4 is 39.0 Å². The molecule has 0 amide bonds. The van der Waals surface area contributed by atoms with Gasteiger partial charge in [0.2, 0.25) is 10.0 Å².